The van der Waals surface area contributed by atoms with E-state index in [4.69, 9.17) is 4.98 Å². The maximum absolute atomic E-state index is 12.6. The number of benzene rings is 2. The standard InChI is InChI=1S/C29H30N6O/c36-27-18-22-19-31-29(32-23-8-3-7-21(17-23)25-9-4-12-30-25)34-28(22)24-11-10-20(16-26(24)33-27)6-5-15-35-13-1-2-14-35/h3-4,7-8,10-12,16-17,19H,1-2,5-6,9,13-15,18H2,(H,33,36)(H,31,32,34). The lowest BCUT2D eigenvalue weighted by Crippen LogP contribution is -2.20. The van der Waals surface area contributed by atoms with Gasteiger partial charge >= 0.3 is 0 Å². The molecule has 1 amide bonds. The van der Waals surface area contributed by atoms with Gasteiger partial charge in [0.1, 0.15) is 0 Å². The monoisotopic (exact) mass is 478 g/mol. The Bertz CT molecular complexity index is 1360. The van der Waals surface area contributed by atoms with Crippen LogP contribution < -0.4 is 10.6 Å². The fraction of sp³-hybridized carbons (Fsp3) is 0.310. The van der Waals surface area contributed by atoms with Gasteiger partial charge in [0.25, 0.3) is 0 Å². The lowest BCUT2D eigenvalue weighted by atomic mass is 10.0. The van der Waals surface area contributed by atoms with Crippen molar-refractivity contribution in [3.8, 4) is 11.3 Å². The molecule has 3 aliphatic rings. The quantitative estimate of drug-likeness (QED) is 0.493. The number of carbonyl (C=O) groups excluding carboxylic acids is 1. The largest absolute Gasteiger partial charge is 0.325 e. The van der Waals surface area contributed by atoms with Gasteiger partial charge < -0.3 is 15.5 Å². The van der Waals surface area contributed by atoms with Crippen molar-refractivity contribution in [2.24, 2.45) is 4.99 Å². The molecule has 0 spiro atoms. The average Bonchev–Trinajstić information content (AvgIpc) is 3.58. The van der Waals surface area contributed by atoms with Crippen molar-refractivity contribution < 1.29 is 4.79 Å². The summed E-state index contributed by atoms with van der Waals surface area (Å²) in [5, 5.41) is 6.43. The number of carbonyl (C=O) groups is 1. The molecule has 0 radical (unpaired) electrons. The van der Waals surface area contributed by atoms with Gasteiger partial charge in [-0.1, -0.05) is 30.3 Å². The number of fused-ring (bicyclic) bond motifs is 3. The molecule has 1 saturated heterocycles. The summed E-state index contributed by atoms with van der Waals surface area (Å²) < 4.78 is 0. The average molecular weight is 479 g/mol. The highest BCUT2D eigenvalue weighted by molar-refractivity contribution is 6.03. The second kappa shape index (κ2) is 10.0. The number of anilines is 3. The van der Waals surface area contributed by atoms with E-state index in [9.17, 15) is 4.79 Å². The molecule has 4 heterocycles. The summed E-state index contributed by atoms with van der Waals surface area (Å²) in [5.41, 5.74) is 7.67. The molecule has 7 nitrogen and oxygen atoms in total. The molecule has 3 aliphatic heterocycles. The molecule has 182 valence electrons. The van der Waals surface area contributed by atoms with E-state index in [1.807, 2.05) is 18.3 Å². The summed E-state index contributed by atoms with van der Waals surface area (Å²) in [7, 11) is 0. The predicted molar refractivity (Wildman–Crippen MR) is 144 cm³/mol. The number of allylic oxidation sites excluding steroid dienone is 1. The molecule has 2 N–H and O–H groups in total. The minimum Gasteiger partial charge on any atom is -0.325 e. The Balaban J connectivity index is 1.23. The SMILES string of the molecule is O=C1Cc2cnc(Nc3cccc(C4=NC=CC4)c3)nc2-c2ccc(CCCN3CCCC3)cc2N1. The van der Waals surface area contributed by atoms with Gasteiger partial charge in [0.15, 0.2) is 0 Å². The van der Waals surface area contributed by atoms with E-state index in [0.717, 1.165) is 65.3 Å². The molecule has 0 unspecified atom stereocenters. The van der Waals surface area contributed by atoms with Crippen LogP contribution in [0.4, 0.5) is 17.3 Å². The summed E-state index contributed by atoms with van der Waals surface area (Å²) in [6, 6.07) is 14.5. The third kappa shape index (κ3) is 4.93. The molecule has 1 fully saturated rings. The number of hydrogen-bond donors (Lipinski definition) is 2. The molecule has 7 heteroatoms. The first-order valence-electron chi connectivity index (χ1n) is 12.8. The van der Waals surface area contributed by atoms with E-state index in [1.165, 1.54) is 31.5 Å². The van der Waals surface area contributed by atoms with Crippen LogP contribution in [-0.4, -0.2) is 46.1 Å². The van der Waals surface area contributed by atoms with Crippen molar-refractivity contribution in [3.05, 3.63) is 77.6 Å². The summed E-state index contributed by atoms with van der Waals surface area (Å²) in [5.74, 6) is 0.472. The Morgan fingerprint density at radius 3 is 2.86 bits per heavy atom. The number of aryl methyl sites for hydroxylation is 1. The number of rotatable bonds is 7. The van der Waals surface area contributed by atoms with Gasteiger partial charge in [0.05, 0.1) is 23.5 Å². The molecule has 0 saturated carbocycles. The Labute approximate surface area is 211 Å². The van der Waals surface area contributed by atoms with Crippen molar-refractivity contribution >= 4 is 28.9 Å². The zero-order chi connectivity index (χ0) is 24.3. The summed E-state index contributed by atoms with van der Waals surface area (Å²) >= 11 is 0. The van der Waals surface area contributed by atoms with E-state index in [1.54, 1.807) is 6.20 Å². The molecule has 0 atom stereocenters. The first-order valence-corrected chi connectivity index (χ1v) is 12.8. The molecule has 3 aromatic rings. The Morgan fingerprint density at radius 2 is 2.00 bits per heavy atom. The number of nitrogens with zero attached hydrogens (tertiary/aromatic N) is 4. The van der Waals surface area contributed by atoms with E-state index in [2.05, 4.69) is 61.9 Å². The van der Waals surface area contributed by atoms with Crippen LogP contribution in [0.25, 0.3) is 11.3 Å². The molecular weight excluding hydrogens is 448 g/mol. The molecular formula is C29H30N6O. The predicted octanol–water partition coefficient (Wildman–Crippen LogP) is 5.12. The Morgan fingerprint density at radius 1 is 1.08 bits per heavy atom. The van der Waals surface area contributed by atoms with Gasteiger partial charge in [-0.2, -0.15) is 0 Å². The summed E-state index contributed by atoms with van der Waals surface area (Å²) in [4.78, 5) is 29.0. The molecule has 1 aromatic heterocycles. The summed E-state index contributed by atoms with van der Waals surface area (Å²) in [6.07, 6.45) is 11.5. The summed E-state index contributed by atoms with van der Waals surface area (Å²) in [6.45, 7) is 3.59. The maximum atomic E-state index is 12.6. The molecule has 6 rings (SSSR count). The number of aromatic nitrogens is 2. The highest BCUT2D eigenvalue weighted by atomic mass is 16.1. The van der Waals surface area contributed by atoms with Crippen LogP contribution in [0.5, 0.6) is 0 Å². The second-order valence-corrected chi connectivity index (χ2v) is 9.70. The van der Waals surface area contributed by atoms with Crippen molar-refractivity contribution in [2.45, 2.75) is 38.5 Å². The molecule has 2 aromatic carbocycles. The maximum Gasteiger partial charge on any atom is 0.228 e. The van der Waals surface area contributed by atoms with E-state index in [-0.39, 0.29) is 12.3 Å². The first-order chi connectivity index (χ1) is 17.7. The first kappa shape index (κ1) is 22.6. The zero-order valence-electron chi connectivity index (χ0n) is 20.3. The van der Waals surface area contributed by atoms with Gasteiger partial charge in [0.2, 0.25) is 11.9 Å². The van der Waals surface area contributed by atoms with Crippen LogP contribution in [-0.2, 0) is 17.6 Å². The number of nitrogens with one attached hydrogen (secondary N) is 2. The van der Waals surface area contributed by atoms with Crippen LogP contribution in [0.15, 0.2) is 65.9 Å². The van der Waals surface area contributed by atoms with Gasteiger partial charge in [-0.05, 0) is 74.6 Å². The van der Waals surface area contributed by atoms with E-state index >= 15 is 0 Å². The Hall–Kier alpha value is -3.84. The van der Waals surface area contributed by atoms with E-state index in [0.29, 0.717) is 5.95 Å². The Kier molecular flexibility index (Phi) is 6.30. The molecule has 36 heavy (non-hydrogen) atoms. The van der Waals surface area contributed by atoms with Crippen LogP contribution in [0, 0.1) is 0 Å². The fourth-order valence-electron chi connectivity index (χ4n) is 5.22. The lowest BCUT2D eigenvalue weighted by molar-refractivity contribution is -0.115. The molecule has 0 bridgehead atoms. The molecule has 0 aliphatic carbocycles. The number of likely N-dealkylation sites (tertiary alicyclic amines) is 1. The van der Waals surface area contributed by atoms with Gasteiger partial charge in [-0.15, -0.1) is 0 Å². The fourth-order valence-corrected chi connectivity index (χ4v) is 5.22. The van der Waals surface area contributed by atoms with Crippen molar-refractivity contribution in [1.29, 1.82) is 0 Å². The number of amides is 1. The third-order valence-electron chi connectivity index (χ3n) is 7.07. The van der Waals surface area contributed by atoms with Crippen molar-refractivity contribution in [2.75, 3.05) is 30.3 Å². The zero-order valence-corrected chi connectivity index (χ0v) is 20.3. The van der Waals surface area contributed by atoms with Crippen LogP contribution >= 0.6 is 0 Å². The number of hydrogen-bond acceptors (Lipinski definition) is 6. The normalized spacial score (nSPS) is 16.8. The van der Waals surface area contributed by atoms with Crippen LogP contribution in [0.1, 0.15) is 42.4 Å². The van der Waals surface area contributed by atoms with E-state index < -0.39 is 0 Å². The lowest BCUT2D eigenvalue weighted by Gasteiger charge is -2.15. The second-order valence-electron chi connectivity index (χ2n) is 9.70. The van der Waals surface area contributed by atoms with Gasteiger partial charge in [0, 0.05) is 35.6 Å². The highest BCUT2D eigenvalue weighted by Crippen LogP contribution is 2.34. The minimum atomic E-state index is -0.0350. The highest BCUT2D eigenvalue weighted by Gasteiger charge is 2.22. The number of aliphatic imine (C=N–C) groups is 1. The topological polar surface area (TPSA) is 82.5 Å². The van der Waals surface area contributed by atoms with Crippen LogP contribution in [0.2, 0.25) is 0 Å². The van der Waals surface area contributed by atoms with Crippen molar-refractivity contribution in [3.63, 3.8) is 0 Å². The third-order valence-corrected chi connectivity index (χ3v) is 7.07. The smallest absolute Gasteiger partial charge is 0.228 e. The van der Waals surface area contributed by atoms with Gasteiger partial charge in [-0.25, -0.2) is 9.97 Å². The van der Waals surface area contributed by atoms with Crippen molar-refractivity contribution in [1.82, 2.24) is 14.9 Å². The van der Waals surface area contributed by atoms with Gasteiger partial charge in [-0.3, -0.25) is 9.79 Å². The van der Waals surface area contributed by atoms with Crippen LogP contribution in [0.3, 0.4) is 0 Å². The minimum absolute atomic E-state index is 0.0350.